The third-order valence-corrected chi connectivity index (χ3v) is 7.83. The van der Waals surface area contributed by atoms with Gasteiger partial charge in [-0.1, -0.05) is 18.2 Å². The molecule has 1 fully saturated rings. The van der Waals surface area contributed by atoms with E-state index in [1.165, 1.54) is 16.4 Å². The molecule has 0 radical (unpaired) electrons. The standard InChI is InChI=1S/C19H24F3N3O3S/c1-13-17(14(2)24-23-13)29(27,28)25-9-7-18(12-26,8-10-25)11-15-5-3-4-6-16(15)19(20,21)22/h3-6,26H,7-12H2,1-2H3,(H,23,24). The van der Waals surface area contributed by atoms with Gasteiger partial charge in [-0.05, 0) is 44.7 Å². The van der Waals surface area contributed by atoms with Gasteiger partial charge < -0.3 is 5.11 Å². The number of piperidine rings is 1. The zero-order chi connectivity index (χ0) is 21.4. The van der Waals surface area contributed by atoms with E-state index in [0.29, 0.717) is 11.4 Å². The Labute approximate surface area is 167 Å². The summed E-state index contributed by atoms with van der Waals surface area (Å²) in [6.07, 6.45) is -3.90. The van der Waals surface area contributed by atoms with E-state index in [4.69, 9.17) is 0 Å². The second kappa shape index (κ2) is 7.73. The van der Waals surface area contributed by atoms with Crippen LogP contribution in [0.2, 0.25) is 0 Å². The van der Waals surface area contributed by atoms with Gasteiger partial charge in [0.05, 0.1) is 17.0 Å². The van der Waals surface area contributed by atoms with Crippen molar-refractivity contribution in [1.82, 2.24) is 14.5 Å². The fourth-order valence-electron chi connectivity index (χ4n) is 4.00. The van der Waals surface area contributed by atoms with Crippen molar-refractivity contribution >= 4 is 10.0 Å². The average Bonchev–Trinajstić information content (AvgIpc) is 3.00. The van der Waals surface area contributed by atoms with Crippen molar-refractivity contribution in [3.05, 3.63) is 46.8 Å². The van der Waals surface area contributed by atoms with E-state index in [9.17, 15) is 26.7 Å². The quantitative estimate of drug-likeness (QED) is 0.762. The summed E-state index contributed by atoms with van der Waals surface area (Å²) in [6.45, 7) is 3.18. The number of aliphatic hydroxyl groups is 1. The monoisotopic (exact) mass is 431 g/mol. The number of aromatic amines is 1. The highest BCUT2D eigenvalue weighted by molar-refractivity contribution is 7.89. The molecule has 160 valence electrons. The lowest BCUT2D eigenvalue weighted by Gasteiger charge is -2.40. The smallest absolute Gasteiger partial charge is 0.396 e. The van der Waals surface area contributed by atoms with Crippen molar-refractivity contribution in [3.8, 4) is 0 Å². The minimum atomic E-state index is -4.48. The summed E-state index contributed by atoms with van der Waals surface area (Å²) in [7, 11) is -3.76. The molecule has 1 aromatic carbocycles. The van der Waals surface area contributed by atoms with E-state index in [2.05, 4.69) is 10.2 Å². The van der Waals surface area contributed by atoms with E-state index < -0.39 is 27.2 Å². The molecule has 29 heavy (non-hydrogen) atoms. The highest BCUT2D eigenvalue weighted by atomic mass is 32.2. The lowest BCUT2D eigenvalue weighted by Crippen LogP contribution is -2.45. The van der Waals surface area contributed by atoms with Crippen molar-refractivity contribution in [1.29, 1.82) is 0 Å². The molecule has 2 aromatic rings. The van der Waals surface area contributed by atoms with Gasteiger partial charge in [0.2, 0.25) is 10.0 Å². The number of alkyl halides is 3. The van der Waals surface area contributed by atoms with Gasteiger partial charge in [0.15, 0.2) is 0 Å². The van der Waals surface area contributed by atoms with E-state index in [1.54, 1.807) is 19.9 Å². The third-order valence-electron chi connectivity index (χ3n) is 5.67. The first kappa shape index (κ1) is 21.8. The van der Waals surface area contributed by atoms with E-state index >= 15 is 0 Å². The van der Waals surface area contributed by atoms with Crippen LogP contribution in [0, 0.1) is 19.3 Å². The Hall–Kier alpha value is -1.91. The van der Waals surface area contributed by atoms with Crippen LogP contribution in [0.5, 0.6) is 0 Å². The number of aliphatic hydroxyl groups excluding tert-OH is 1. The molecule has 3 rings (SSSR count). The Morgan fingerprint density at radius 1 is 1.21 bits per heavy atom. The Bertz CT molecular complexity index is 959. The molecule has 0 atom stereocenters. The zero-order valence-electron chi connectivity index (χ0n) is 16.3. The van der Waals surface area contributed by atoms with Crippen molar-refractivity contribution < 1.29 is 26.7 Å². The minimum Gasteiger partial charge on any atom is -0.396 e. The highest BCUT2D eigenvalue weighted by Crippen LogP contribution is 2.40. The van der Waals surface area contributed by atoms with Gasteiger partial charge in [0, 0.05) is 25.1 Å². The zero-order valence-corrected chi connectivity index (χ0v) is 17.1. The number of nitrogens with zero attached hydrogens (tertiary/aromatic N) is 2. The molecule has 0 amide bonds. The molecule has 0 bridgehead atoms. The lowest BCUT2D eigenvalue weighted by molar-refractivity contribution is -0.138. The Kier molecular flexibility index (Phi) is 5.81. The van der Waals surface area contributed by atoms with Crippen molar-refractivity contribution in [3.63, 3.8) is 0 Å². The van der Waals surface area contributed by atoms with Crippen molar-refractivity contribution in [2.45, 2.75) is 44.2 Å². The summed E-state index contributed by atoms with van der Waals surface area (Å²) in [5.41, 5.74) is -0.575. The molecule has 0 unspecified atom stereocenters. The number of sulfonamides is 1. The molecule has 6 nitrogen and oxygen atoms in total. The van der Waals surface area contributed by atoms with Gasteiger partial charge in [-0.15, -0.1) is 0 Å². The normalized spacial score (nSPS) is 18.1. The van der Waals surface area contributed by atoms with Crippen LogP contribution >= 0.6 is 0 Å². The number of rotatable bonds is 5. The summed E-state index contributed by atoms with van der Waals surface area (Å²) < 4.78 is 67.3. The van der Waals surface area contributed by atoms with Gasteiger partial charge in [-0.25, -0.2) is 8.42 Å². The van der Waals surface area contributed by atoms with Crippen LogP contribution in [0.4, 0.5) is 13.2 Å². The van der Waals surface area contributed by atoms with Crippen molar-refractivity contribution in [2.24, 2.45) is 5.41 Å². The molecule has 1 saturated heterocycles. The fraction of sp³-hybridized carbons (Fsp3) is 0.526. The van der Waals surface area contributed by atoms with E-state index in [1.807, 2.05) is 0 Å². The predicted molar refractivity (Wildman–Crippen MR) is 101 cm³/mol. The molecular weight excluding hydrogens is 407 g/mol. The molecule has 0 aliphatic carbocycles. The van der Waals surface area contributed by atoms with Crippen LogP contribution in [0.15, 0.2) is 29.2 Å². The van der Waals surface area contributed by atoms with Crippen LogP contribution < -0.4 is 0 Å². The van der Waals surface area contributed by atoms with Crippen LogP contribution in [0.3, 0.4) is 0 Å². The summed E-state index contributed by atoms with van der Waals surface area (Å²) in [5, 5.41) is 16.6. The minimum absolute atomic E-state index is 0.0385. The van der Waals surface area contributed by atoms with E-state index in [-0.39, 0.29) is 49.4 Å². The number of halogens is 3. The molecule has 10 heteroatoms. The summed E-state index contributed by atoms with van der Waals surface area (Å²) in [4.78, 5) is 0.136. The maximum Gasteiger partial charge on any atom is 0.416 e. The molecule has 2 heterocycles. The van der Waals surface area contributed by atoms with Crippen LogP contribution in [0.25, 0.3) is 0 Å². The molecule has 1 aliphatic heterocycles. The van der Waals surface area contributed by atoms with Gasteiger partial charge in [0.25, 0.3) is 0 Å². The van der Waals surface area contributed by atoms with Gasteiger partial charge >= 0.3 is 6.18 Å². The second-order valence-corrected chi connectivity index (χ2v) is 9.53. The Balaban J connectivity index is 1.81. The average molecular weight is 431 g/mol. The third kappa shape index (κ3) is 4.19. The molecule has 0 saturated carbocycles. The fourth-order valence-corrected chi connectivity index (χ4v) is 5.77. The number of aryl methyl sites for hydroxylation is 2. The first-order valence-corrected chi connectivity index (χ1v) is 10.7. The lowest BCUT2D eigenvalue weighted by atomic mass is 9.74. The number of nitrogens with one attached hydrogen (secondary N) is 1. The van der Waals surface area contributed by atoms with Gasteiger partial charge in [-0.2, -0.15) is 22.6 Å². The first-order valence-electron chi connectivity index (χ1n) is 9.28. The topological polar surface area (TPSA) is 86.3 Å². The molecular formula is C19H24F3N3O3S. The number of benzene rings is 1. The molecule has 0 spiro atoms. The van der Waals surface area contributed by atoms with E-state index in [0.717, 1.165) is 6.07 Å². The van der Waals surface area contributed by atoms with Crippen LogP contribution in [-0.4, -0.2) is 47.7 Å². The van der Waals surface area contributed by atoms with Crippen LogP contribution in [0.1, 0.15) is 35.4 Å². The largest absolute Gasteiger partial charge is 0.416 e. The van der Waals surface area contributed by atoms with Crippen molar-refractivity contribution in [2.75, 3.05) is 19.7 Å². The second-order valence-electron chi connectivity index (χ2n) is 7.66. The SMILES string of the molecule is Cc1n[nH]c(C)c1S(=O)(=O)N1CCC(CO)(Cc2ccccc2C(F)(F)F)CC1. The molecule has 1 aliphatic rings. The maximum absolute atomic E-state index is 13.3. The molecule has 1 aromatic heterocycles. The number of H-pyrrole nitrogens is 1. The Morgan fingerprint density at radius 2 is 1.83 bits per heavy atom. The van der Waals surface area contributed by atoms with Gasteiger partial charge in [0.1, 0.15) is 4.90 Å². The van der Waals surface area contributed by atoms with Gasteiger partial charge in [-0.3, -0.25) is 5.10 Å². The first-order chi connectivity index (χ1) is 13.5. The number of aromatic nitrogens is 2. The maximum atomic E-state index is 13.3. The summed E-state index contributed by atoms with van der Waals surface area (Å²) >= 11 is 0. The highest BCUT2D eigenvalue weighted by Gasteiger charge is 2.41. The number of hydrogen-bond acceptors (Lipinski definition) is 4. The molecule has 2 N–H and O–H groups in total. The number of hydrogen-bond donors (Lipinski definition) is 2. The Morgan fingerprint density at radius 3 is 2.34 bits per heavy atom. The summed E-state index contributed by atoms with van der Waals surface area (Å²) in [5.74, 6) is 0. The van der Waals surface area contributed by atoms with Crippen LogP contribution in [-0.2, 0) is 22.6 Å². The summed E-state index contributed by atoms with van der Waals surface area (Å²) in [6, 6.07) is 5.33. The predicted octanol–water partition coefficient (Wildman–Crippen LogP) is 3.05.